The van der Waals surface area contributed by atoms with E-state index in [1.807, 2.05) is 57.2 Å². The molecular formula is C23H23NO5. The Morgan fingerprint density at radius 2 is 1.90 bits per heavy atom. The van der Waals surface area contributed by atoms with Crippen LogP contribution in [0.15, 0.2) is 42.5 Å². The molecule has 0 bridgehead atoms. The minimum atomic E-state index is -0.606. The van der Waals surface area contributed by atoms with Crippen molar-refractivity contribution in [2.45, 2.75) is 32.8 Å². The number of ketones is 1. The second-order valence-electron chi connectivity index (χ2n) is 7.83. The van der Waals surface area contributed by atoms with E-state index >= 15 is 0 Å². The Labute approximate surface area is 168 Å². The number of hydrogen-bond donors (Lipinski definition) is 1. The number of aromatic nitrogens is 1. The van der Waals surface area contributed by atoms with E-state index in [0.29, 0.717) is 17.1 Å². The van der Waals surface area contributed by atoms with Crippen molar-refractivity contribution in [2.75, 3.05) is 13.2 Å². The molecule has 3 aromatic rings. The topological polar surface area (TPSA) is 77.6 Å². The highest BCUT2D eigenvalue weighted by Crippen LogP contribution is 2.41. The highest BCUT2D eigenvalue weighted by molar-refractivity contribution is 6.10. The summed E-state index contributed by atoms with van der Waals surface area (Å²) in [6, 6.07) is 13.1. The van der Waals surface area contributed by atoms with E-state index in [9.17, 15) is 9.59 Å². The Hall–Kier alpha value is -3.28. The van der Waals surface area contributed by atoms with Crippen molar-refractivity contribution >= 4 is 22.7 Å². The summed E-state index contributed by atoms with van der Waals surface area (Å²) in [4.78, 5) is 27.9. The van der Waals surface area contributed by atoms with E-state index in [2.05, 4.69) is 4.98 Å². The minimum absolute atomic E-state index is 0.251. The number of esters is 1. The van der Waals surface area contributed by atoms with E-state index in [1.54, 1.807) is 6.07 Å². The maximum atomic E-state index is 12.6. The minimum Gasteiger partial charge on any atom is -0.483 e. The first kappa shape index (κ1) is 19.1. The van der Waals surface area contributed by atoms with Crippen LogP contribution in [-0.2, 0) is 16.0 Å². The number of benzene rings is 2. The number of aryl methyl sites for hydroxylation is 1. The molecule has 29 heavy (non-hydrogen) atoms. The zero-order valence-corrected chi connectivity index (χ0v) is 16.7. The van der Waals surface area contributed by atoms with Gasteiger partial charge in [-0.1, -0.05) is 30.3 Å². The molecule has 4 rings (SSSR count). The first-order chi connectivity index (χ1) is 13.8. The lowest BCUT2D eigenvalue weighted by Gasteiger charge is -2.18. The molecule has 150 valence electrons. The van der Waals surface area contributed by atoms with Gasteiger partial charge in [0.15, 0.2) is 24.7 Å². The predicted octanol–water partition coefficient (Wildman–Crippen LogP) is 3.99. The molecular weight excluding hydrogens is 370 g/mol. The van der Waals surface area contributed by atoms with Gasteiger partial charge in [0.2, 0.25) is 5.78 Å². The van der Waals surface area contributed by atoms with Crippen LogP contribution in [0, 0.1) is 6.92 Å². The number of aromatic amines is 1. The summed E-state index contributed by atoms with van der Waals surface area (Å²) in [7, 11) is 0. The number of H-pyrrole nitrogens is 1. The van der Waals surface area contributed by atoms with Crippen molar-refractivity contribution in [1.29, 1.82) is 0 Å². The van der Waals surface area contributed by atoms with Crippen LogP contribution in [0.5, 0.6) is 11.5 Å². The van der Waals surface area contributed by atoms with Crippen LogP contribution in [0.25, 0.3) is 10.9 Å². The number of rotatable bonds is 6. The summed E-state index contributed by atoms with van der Waals surface area (Å²) >= 11 is 0. The van der Waals surface area contributed by atoms with E-state index in [-0.39, 0.29) is 24.6 Å². The van der Waals surface area contributed by atoms with Crippen molar-refractivity contribution in [3.63, 3.8) is 0 Å². The largest absolute Gasteiger partial charge is 0.483 e. The number of ether oxygens (including phenoxy) is 3. The monoisotopic (exact) mass is 393 g/mol. The summed E-state index contributed by atoms with van der Waals surface area (Å²) in [5, 5.41) is 0.821. The molecule has 0 aliphatic carbocycles. The molecule has 0 spiro atoms. The standard InChI is InChI=1S/C23H23NO5/c1-14-21(16-8-4-5-9-17(16)24-14)18(25)12-28-20(26)13-27-19-10-6-7-15-11-23(2,3)29-22(15)19/h4-10,24H,11-13H2,1-3H3. The highest BCUT2D eigenvalue weighted by atomic mass is 16.6. The quantitative estimate of drug-likeness (QED) is 0.506. The molecule has 2 heterocycles. The van der Waals surface area contributed by atoms with Gasteiger partial charge in [-0.15, -0.1) is 0 Å². The van der Waals surface area contributed by atoms with E-state index in [1.165, 1.54) is 0 Å². The van der Waals surface area contributed by atoms with Gasteiger partial charge in [0.25, 0.3) is 0 Å². The van der Waals surface area contributed by atoms with Crippen LogP contribution in [0.2, 0.25) is 0 Å². The third kappa shape index (κ3) is 3.83. The molecule has 0 fully saturated rings. The van der Waals surface area contributed by atoms with Gasteiger partial charge in [-0.2, -0.15) is 0 Å². The second kappa shape index (κ2) is 7.28. The molecule has 0 radical (unpaired) electrons. The molecule has 1 N–H and O–H groups in total. The van der Waals surface area contributed by atoms with Gasteiger partial charge in [-0.3, -0.25) is 4.79 Å². The van der Waals surface area contributed by atoms with Crippen LogP contribution in [-0.4, -0.2) is 35.6 Å². The van der Waals surface area contributed by atoms with E-state index in [0.717, 1.165) is 28.6 Å². The Kier molecular flexibility index (Phi) is 4.78. The van der Waals surface area contributed by atoms with Crippen LogP contribution in [0.1, 0.15) is 35.5 Å². The Bertz CT molecular complexity index is 1100. The van der Waals surface area contributed by atoms with Crippen molar-refractivity contribution < 1.29 is 23.8 Å². The molecule has 0 unspecified atom stereocenters. The molecule has 6 heteroatoms. The van der Waals surface area contributed by atoms with Crippen LogP contribution >= 0.6 is 0 Å². The number of fused-ring (bicyclic) bond motifs is 2. The third-order valence-electron chi connectivity index (χ3n) is 4.94. The number of hydrogen-bond acceptors (Lipinski definition) is 5. The highest BCUT2D eigenvalue weighted by Gasteiger charge is 2.32. The summed E-state index contributed by atoms with van der Waals surface area (Å²) < 4.78 is 16.7. The van der Waals surface area contributed by atoms with Crippen molar-refractivity contribution in [3.8, 4) is 11.5 Å². The number of carbonyl (C=O) groups excluding carboxylic acids is 2. The van der Waals surface area contributed by atoms with Gasteiger partial charge in [-0.25, -0.2) is 4.79 Å². The lowest BCUT2D eigenvalue weighted by molar-refractivity contribution is -0.144. The first-order valence-corrected chi connectivity index (χ1v) is 9.54. The Morgan fingerprint density at radius 1 is 1.10 bits per heavy atom. The van der Waals surface area contributed by atoms with Gasteiger partial charge in [0.05, 0.1) is 0 Å². The van der Waals surface area contributed by atoms with Crippen LogP contribution in [0.4, 0.5) is 0 Å². The molecule has 1 aromatic heterocycles. The molecule has 6 nitrogen and oxygen atoms in total. The smallest absolute Gasteiger partial charge is 0.344 e. The maximum absolute atomic E-state index is 12.6. The van der Waals surface area contributed by atoms with Crippen molar-refractivity contribution in [1.82, 2.24) is 4.98 Å². The van der Waals surface area contributed by atoms with Crippen LogP contribution in [0.3, 0.4) is 0 Å². The molecule has 0 saturated heterocycles. The van der Waals surface area contributed by atoms with Crippen LogP contribution < -0.4 is 9.47 Å². The molecule has 0 saturated carbocycles. The van der Waals surface area contributed by atoms with Crippen molar-refractivity contribution in [2.24, 2.45) is 0 Å². The van der Waals surface area contributed by atoms with Crippen molar-refractivity contribution in [3.05, 3.63) is 59.3 Å². The number of carbonyl (C=O) groups is 2. The summed E-state index contributed by atoms with van der Waals surface area (Å²) in [6.45, 7) is 5.21. The molecule has 1 aliphatic rings. The maximum Gasteiger partial charge on any atom is 0.344 e. The Morgan fingerprint density at radius 3 is 2.72 bits per heavy atom. The van der Waals surface area contributed by atoms with Gasteiger partial charge in [0, 0.05) is 34.1 Å². The molecule has 2 aromatic carbocycles. The summed E-state index contributed by atoms with van der Waals surface area (Å²) in [6.07, 6.45) is 0.780. The zero-order valence-electron chi connectivity index (χ0n) is 16.7. The number of para-hydroxylation sites is 2. The van der Waals surface area contributed by atoms with E-state index < -0.39 is 5.97 Å². The summed E-state index contributed by atoms with van der Waals surface area (Å²) in [5.74, 6) is 0.310. The average Bonchev–Trinajstić information content (AvgIpc) is 3.18. The fourth-order valence-electron chi connectivity index (χ4n) is 3.73. The van der Waals surface area contributed by atoms with Gasteiger partial charge < -0.3 is 19.2 Å². The van der Waals surface area contributed by atoms with Gasteiger partial charge >= 0.3 is 5.97 Å². The fourth-order valence-corrected chi connectivity index (χ4v) is 3.73. The normalized spacial score (nSPS) is 14.3. The molecule has 1 aliphatic heterocycles. The van der Waals surface area contributed by atoms with Gasteiger partial charge in [-0.05, 0) is 32.9 Å². The molecule has 0 amide bonds. The lowest BCUT2D eigenvalue weighted by atomic mass is 10.0. The second-order valence-corrected chi connectivity index (χ2v) is 7.83. The first-order valence-electron chi connectivity index (χ1n) is 9.54. The predicted molar refractivity (Wildman–Crippen MR) is 109 cm³/mol. The number of nitrogens with one attached hydrogen (secondary N) is 1. The van der Waals surface area contributed by atoms with Gasteiger partial charge in [0.1, 0.15) is 5.60 Å². The third-order valence-corrected chi connectivity index (χ3v) is 4.94. The van der Waals surface area contributed by atoms with E-state index in [4.69, 9.17) is 14.2 Å². The Balaban J connectivity index is 1.36. The summed E-state index contributed by atoms with van der Waals surface area (Å²) in [5.41, 5.74) is 2.93. The number of Topliss-reactive ketones (excluding diaryl/α,β-unsaturated/α-hetero) is 1. The fraction of sp³-hybridized carbons (Fsp3) is 0.304. The average molecular weight is 393 g/mol. The lowest BCUT2D eigenvalue weighted by Crippen LogP contribution is -2.25. The molecule has 0 atom stereocenters. The SMILES string of the molecule is Cc1[nH]c2ccccc2c1C(=O)COC(=O)COc1cccc2c1OC(C)(C)C2. The zero-order chi connectivity index (χ0) is 20.6.